The van der Waals surface area contributed by atoms with Gasteiger partial charge in [0.05, 0.1) is 25.0 Å². The molecule has 7 heteroatoms. The smallest absolute Gasteiger partial charge is 0.309 e. The first-order chi connectivity index (χ1) is 16.9. The molecule has 1 amide bonds. The zero-order valence-corrected chi connectivity index (χ0v) is 20.9. The van der Waals surface area contributed by atoms with E-state index >= 15 is 0 Å². The number of carbonyl (C=O) groups is 2. The van der Waals surface area contributed by atoms with Crippen LogP contribution in [0.25, 0.3) is 0 Å². The van der Waals surface area contributed by atoms with Crippen molar-refractivity contribution in [3.05, 3.63) is 65.5 Å². The maximum Gasteiger partial charge on any atom is 0.309 e. The monoisotopic (exact) mass is 484 g/mol. The first kappa shape index (κ1) is 26.7. The van der Waals surface area contributed by atoms with Crippen molar-refractivity contribution in [3.63, 3.8) is 0 Å². The predicted molar refractivity (Wildman–Crippen MR) is 134 cm³/mol. The van der Waals surface area contributed by atoms with Crippen LogP contribution in [-0.2, 0) is 15.1 Å². The Morgan fingerprint density at radius 3 is 2.17 bits per heavy atom. The van der Waals surface area contributed by atoms with Gasteiger partial charge < -0.3 is 20.1 Å². The molecule has 0 bridgehead atoms. The number of carboxylic acid groups (broad SMARTS) is 1. The number of amides is 1. The summed E-state index contributed by atoms with van der Waals surface area (Å²) in [5.74, 6) is -2.08. The minimum Gasteiger partial charge on any atom is -0.497 e. The maximum atomic E-state index is 13.7. The zero-order valence-electron chi connectivity index (χ0n) is 20.9. The number of carboxylic acids is 1. The molecule has 0 radical (unpaired) electrons. The number of rotatable bonds is 12. The molecule has 1 unspecified atom stereocenters. The van der Waals surface area contributed by atoms with Gasteiger partial charge in [-0.25, -0.2) is 4.39 Å². The summed E-state index contributed by atoms with van der Waals surface area (Å²) >= 11 is 0. The number of nitrogens with zero attached hydrogens (tertiary/aromatic N) is 1. The van der Waals surface area contributed by atoms with Crippen molar-refractivity contribution in [3.8, 4) is 5.75 Å². The number of halogens is 1. The minimum absolute atomic E-state index is 0.0292. The fraction of sp³-hybridized carbons (Fsp3) is 0.500. The van der Waals surface area contributed by atoms with Crippen molar-refractivity contribution in [1.29, 1.82) is 0 Å². The van der Waals surface area contributed by atoms with Crippen molar-refractivity contribution >= 4 is 11.9 Å². The number of hydrogen-bond donors (Lipinski definition) is 2. The van der Waals surface area contributed by atoms with Gasteiger partial charge in [0.1, 0.15) is 11.6 Å². The molecule has 0 aliphatic carbocycles. The first-order valence-corrected chi connectivity index (χ1v) is 12.5. The molecule has 2 N–H and O–H groups in total. The molecule has 0 saturated carbocycles. The molecule has 1 aliphatic rings. The Morgan fingerprint density at radius 2 is 1.66 bits per heavy atom. The van der Waals surface area contributed by atoms with Crippen LogP contribution in [0.4, 0.5) is 4.39 Å². The Balaban J connectivity index is 2.04. The van der Waals surface area contributed by atoms with E-state index in [1.807, 2.05) is 17.0 Å². The fourth-order valence-corrected chi connectivity index (χ4v) is 5.12. The van der Waals surface area contributed by atoms with Crippen molar-refractivity contribution in [2.75, 3.05) is 26.7 Å². The van der Waals surface area contributed by atoms with E-state index in [0.29, 0.717) is 25.4 Å². The molecule has 1 saturated heterocycles. The molecule has 190 valence electrons. The average Bonchev–Trinajstić information content (AvgIpc) is 3.25. The van der Waals surface area contributed by atoms with Crippen LogP contribution in [0.15, 0.2) is 48.5 Å². The van der Waals surface area contributed by atoms with E-state index in [2.05, 4.69) is 19.2 Å². The Morgan fingerprint density at radius 1 is 1.06 bits per heavy atom. The highest BCUT2D eigenvalue weighted by atomic mass is 19.1. The number of unbranched alkanes of at least 4 members (excludes halogenated alkanes) is 2. The van der Waals surface area contributed by atoms with Gasteiger partial charge in [-0.15, -0.1) is 0 Å². The third kappa shape index (κ3) is 6.01. The summed E-state index contributed by atoms with van der Waals surface area (Å²) in [6.45, 7) is 5.87. The molecule has 2 aromatic carbocycles. The molecule has 1 fully saturated rings. The van der Waals surface area contributed by atoms with Crippen LogP contribution < -0.4 is 10.1 Å². The lowest BCUT2D eigenvalue weighted by atomic mass is 9.71. The van der Waals surface area contributed by atoms with Crippen LogP contribution in [-0.4, -0.2) is 48.6 Å². The highest BCUT2D eigenvalue weighted by Gasteiger charge is 2.55. The number of benzene rings is 2. The van der Waals surface area contributed by atoms with Crippen molar-refractivity contribution in [2.24, 2.45) is 5.92 Å². The zero-order chi connectivity index (χ0) is 25.4. The maximum absolute atomic E-state index is 13.7. The topological polar surface area (TPSA) is 78.9 Å². The molecule has 35 heavy (non-hydrogen) atoms. The Bertz CT molecular complexity index is 971. The number of hydrogen-bond acceptors (Lipinski definition) is 4. The van der Waals surface area contributed by atoms with Crippen LogP contribution in [0, 0.1) is 11.7 Å². The van der Waals surface area contributed by atoms with E-state index in [9.17, 15) is 19.1 Å². The SMILES string of the molecule is CCCCN(CCCC)C(=O)C[C@]1(c2ccc(OC)cc2)NCC(c2ccc(F)cc2)[C@@H]1C(=O)O. The van der Waals surface area contributed by atoms with Gasteiger partial charge in [0.2, 0.25) is 5.91 Å². The Kier molecular flexibility index (Phi) is 9.26. The van der Waals surface area contributed by atoms with E-state index < -0.39 is 23.3 Å². The van der Waals surface area contributed by atoms with Crippen LogP contribution in [0.2, 0.25) is 0 Å². The summed E-state index contributed by atoms with van der Waals surface area (Å²) in [6, 6.07) is 13.2. The van der Waals surface area contributed by atoms with Gasteiger partial charge in [-0.3, -0.25) is 9.59 Å². The van der Waals surface area contributed by atoms with Gasteiger partial charge >= 0.3 is 5.97 Å². The molecular formula is C28H37FN2O4. The molecule has 3 atom stereocenters. The number of aliphatic carboxylic acids is 1. The van der Waals surface area contributed by atoms with Gasteiger partial charge in [-0.05, 0) is 48.2 Å². The number of methoxy groups -OCH3 is 1. The van der Waals surface area contributed by atoms with Gasteiger partial charge in [0, 0.05) is 25.6 Å². The highest BCUT2D eigenvalue weighted by Crippen LogP contribution is 2.47. The van der Waals surface area contributed by atoms with Crippen LogP contribution in [0.3, 0.4) is 0 Å². The summed E-state index contributed by atoms with van der Waals surface area (Å²) in [7, 11) is 1.58. The molecule has 6 nitrogen and oxygen atoms in total. The molecule has 0 spiro atoms. The van der Waals surface area contributed by atoms with E-state index in [0.717, 1.165) is 36.8 Å². The summed E-state index contributed by atoms with van der Waals surface area (Å²) in [5, 5.41) is 13.9. The number of carbonyl (C=O) groups excluding carboxylic acids is 1. The third-order valence-electron chi connectivity index (χ3n) is 7.09. The average molecular weight is 485 g/mol. The van der Waals surface area contributed by atoms with Gasteiger partial charge in [-0.2, -0.15) is 0 Å². The molecule has 1 aliphatic heterocycles. The predicted octanol–water partition coefficient (Wildman–Crippen LogP) is 4.94. The van der Waals surface area contributed by atoms with Gasteiger partial charge in [-0.1, -0.05) is 51.0 Å². The van der Waals surface area contributed by atoms with Crippen molar-refractivity contribution < 1.29 is 23.8 Å². The Labute approximate surface area is 207 Å². The lowest BCUT2D eigenvalue weighted by Crippen LogP contribution is -2.49. The second-order valence-electron chi connectivity index (χ2n) is 9.32. The lowest BCUT2D eigenvalue weighted by Gasteiger charge is -2.37. The molecule has 3 rings (SSSR count). The van der Waals surface area contributed by atoms with Gasteiger partial charge in [0.15, 0.2) is 0 Å². The van der Waals surface area contributed by atoms with E-state index in [-0.39, 0.29) is 18.1 Å². The normalized spacial score (nSPS) is 21.6. The van der Waals surface area contributed by atoms with Crippen molar-refractivity contribution in [1.82, 2.24) is 10.2 Å². The van der Waals surface area contributed by atoms with E-state index in [1.165, 1.54) is 12.1 Å². The van der Waals surface area contributed by atoms with Crippen LogP contribution >= 0.6 is 0 Å². The largest absolute Gasteiger partial charge is 0.497 e. The standard InChI is InChI=1S/C28H37FN2O4/c1-4-6-16-31(17-7-5-2)25(32)18-28(21-10-14-23(35-3)15-11-21)26(27(33)34)24(19-30-28)20-8-12-22(29)13-9-20/h8-15,24,26,30H,4-7,16-19H2,1-3H3,(H,33,34)/t24?,26-,28-/m1/s1. The molecule has 0 aromatic heterocycles. The first-order valence-electron chi connectivity index (χ1n) is 12.5. The Hall–Kier alpha value is -2.93. The lowest BCUT2D eigenvalue weighted by molar-refractivity contribution is -0.145. The number of ether oxygens (including phenoxy) is 1. The van der Waals surface area contributed by atoms with Crippen LogP contribution in [0.1, 0.15) is 63.0 Å². The quantitative estimate of drug-likeness (QED) is 0.446. The molecule has 2 aromatic rings. The molecule has 1 heterocycles. The fourth-order valence-electron chi connectivity index (χ4n) is 5.12. The third-order valence-corrected chi connectivity index (χ3v) is 7.09. The second kappa shape index (κ2) is 12.2. The van der Waals surface area contributed by atoms with E-state index in [4.69, 9.17) is 4.74 Å². The second-order valence-corrected chi connectivity index (χ2v) is 9.32. The van der Waals surface area contributed by atoms with Crippen molar-refractivity contribution in [2.45, 2.75) is 57.4 Å². The van der Waals surface area contributed by atoms with Crippen LogP contribution in [0.5, 0.6) is 5.75 Å². The molecular weight excluding hydrogens is 447 g/mol. The highest BCUT2D eigenvalue weighted by molar-refractivity contribution is 5.82. The number of nitrogens with one attached hydrogen (secondary N) is 1. The summed E-state index contributed by atoms with van der Waals surface area (Å²) < 4.78 is 18.9. The summed E-state index contributed by atoms with van der Waals surface area (Å²) in [6.07, 6.45) is 3.78. The summed E-state index contributed by atoms with van der Waals surface area (Å²) in [4.78, 5) is 28.4. The minimum atomic E-state index is -1.11. The van der Waals surface area contributed by atoms with Gasteiger partial charge in [0.25, 0.3) is 0 Å². The van der Waals surface area contributed by atoms with E-state index in [1.54, 1.807) is 31.4 Å². The summed E-state index contributed by atoms with van der Waals surface area (Å²) in [5.41, 5.74) is 0.364.